The Bertz CT molecular complexity index is 905. The molecule has 0 aliphatic rings. The van der Waals surface area contributed by atoms with Gasteiger partial charge in [-0.25, -0.2) is 9.67 Å². The van der Waals surface area contributed by atoms with Crippen molar-refractivity contribution in [2.75, 3.05) is 0 Å². The lowest BCUT2D eigenvalue weighted by Crippen LogP contribution is -2.13. The predicted octanol–water partition coefficient (Wildman–Crippen LogP) is 3.14. The maximum Gasteiger partial charge on any atom is 0.267 e. The van der Waals surface area contributed by atoms with E-state index < -0.39 is 5.91 Å². The maximum absolute atomic E-state index is 11.3. The van der Waals surface area contributed by atoms with Gasteiger partial charge >= 0.3 is 0 Å². The molecule has 0 aliphatic carbocycles. The van der Waals surface area contributed by atoms with Crippen LogP contribution in [0.1, 0.15) is 47.9 Å². The average molecular weight is 344 g/mol. The Hall–Kier alpha value is -2.47. The molecule has 124 valence electrons. The summed E-state index contributed by atoms with van der Waals surface area (Å²) in [5, 5.41) is 9.62. The van der Waals surface area contributed by atoms with Crippen molar-refractivity contribution in [3.05, 3.63) is 52.4 Å². The number of amides is 1. The molecule has 3 aromatic rings. The fourth-order valence-electron chi connectivity index (χ4n) is 2.47. The highest BCUT2D eigenvalue weighted by Gasteiger charge is 2.11. The summed E-state index contributed by atoms with van der Waals surface area (Å²) in [6.07, 6.45) is 2.98. The zero-order valence-corrected chi connectivity index (χ0v) is 14.3. The molecule has 1 amide bonds. The number of pyridine rings is 1. The third-order valence-corrected chi connectivity index (χ3v) is 4.41. The highest BCUT2D eigenvalue weighted by atomic mass is 35.5. The second kappa shape index (κ2) is 6.57. The topological polar surface area (TPSA) is 86.7 Å². The van der Waals surface area contributed by atoms with Gasteiger partial charge in [0.2, 0.25) is 0 Å². The van der Waals surface area contributed by atoms with Gasteiger partial charge in [-0.1, -0.05) is 42.8 Å². The minimum atomic E-state index is -0.598. The standard InChI is InChI=1S/C17H18ClN5O/c1-3-10(2)16-9-23(22-21-16)8-11-4-5-12-13(18)7-15(17(19)24)20-14(12)6-11/h4-7,9-10H,3,8H2,1-2H3,(H2,19,24)/t10-/m0/s1. The van der Waals surface area contributed by atoms with Crippen LogP contribution in [0, 0.1) is 0 Å². The van der Waals surface area contributed by atoms with Crippen molar-refractivity contribution < 1.29 is 4.79 Å². The summed E-state index contributed by atoms with van der Waals surface area (Å²) in [4.78, 5) is 15.6. The SMILES string of the molecule is CC[C@H](C)c1cn(Cc2ccc3c(Cl)cc(C(N)=O)nc3c2)nn1. The van der Waals surface area contributed by atoms with Gasteiger partial charge in [0.1, 0.15) is 5.69 Å². The number of benzene rings is 1. The number of aromatic nitrogens is 4. The summed E-state index contributed by atoms with van der Waals surface area (Å²) >= 11 is 6.20. The van der Waals surface area contributed by atoms with Crippen molar-refractivity contribution in [3.63, 3.8) is 0 Å². The fraction of sp³-hybridized carbons (Fsp3) is 0.294. The molecule has 1 atom stereocenters. The Kier molecular flexibility index (Phi) is 4.49. The lowest BCUT2D eigenvalue weighted by molar-refractivity contribution is 0.0996. The van der Waals surface area contributed by atoms with E-state index in [9.17, 15) is 4.79 Å². The normalized spacial score (nSPS) is 12.5. The summed E-state index contributed by atoms with van der Waals surface area (Å²) in [6, 6.07) is 7.22. The van der Waals surface area contributed by atoms with Gasteiger partial charge in [-0.3, -0.25) is 4.79 Å². The zero-order chi connectivity index (χ0) is 17.3. The van der Waals surface area contributed by atoms with Crippen molar-refractivity contribution in [3.8, 4) is 0 Å². The van der Waals surface area contributed by atoms with Crippen molar-refractivity contribution in [1.82, 2.24) is 20.0 Å². The van der Waals surface area contributed by atoms with Gasteiger partial charge in [-0.05, 0) is 24.1 Å². The Balaban J connectivity index is 1.92. The average Bonchev–Trinajstić information content (AvgIpc) is 3.02. The monoisotopic (exact) mass is 343 g/mol. The van der Waals surface area contributed by atoms with Gasteiger partial charge in [0.05, 0.1) is 22.8 Å². The Morgan fingerprint density at radius 1 is 1.38 bits per heavy atom. The van der Waals surface area contributed by atoms with E-state index in [4.69, 9.17) is 17.3 Å². The van der Waals surface area contributed by atoms with Gasteiger partial charge in [-0.15, -0.1) is 5.10 Å². The van der Waals surface area contributed by atoms with E-state index in [0.717, 1.165) is 23.1 Å². The molecule has 0 spiro atoms. The molecular formula is C17H18ClN5O. The predicted molar refractivity (Wildman–Crippen MR) is 93.1 cm³/mol. The minimum Gasteiger partial charge on any atom is -0.364 e. The number of nitrogens with two attached hydrogens (primary N) is 1. The number of rotatable bonds is 5. The van der Waals surface area contributed by atoms with E-state index in [1.54, 1.807) is 4.68 Å². The number of hydrogen-bond acceptors (Lipinski definition) is 4. The first-order chi connectivity index (χ1) is 11.5. The Morgan fingerprint density at radius 3 is 2.88 bits per heavy atom. The smallest absolute Gasteiger partial charge is 0.267 e. The lowest BCUT2D eigenvalue weighted by Gasteiger charge is -2.06. The van der Waals surface area contributed by atoms with Crippen LogP contribution in [-0.2, 0) is 6.54 Å². The van der Waals surface area contributed by atoms with Crippen LogP contribution in [0.4, 0.5) is 0 Å². The largest absolute Gasteiger partial charge is 0.364 e. The van der Waals surface area contributed by atoms with Crippen LogP contribution >= 0.6 is 11.6 Å². The van der Waals surface area contributed by atoms with Crippen LogP contribution in [0.25, 0.3) is 10.9 Å². The Labute approximate surface area is 144 Å². The van der Waals surface area contributed by atoms with E-state index in [0.29, 0.717) is 23.0 Å². The molecule has 0 bridgehead atoms. The van der Waals surface area contributed by atoms with Crippen LogP contribution in [0.3, 0.4) is 0 Å². The molecule has 0 aliphatic heterocycles. The number of halogens is 1. The summed E-state index contributed by atoms with van der Waals surface area (Å²) in [5.41, 5.74) is 8.06. The second-order valence-corrected chi connectivity index (χ2v) is 6.26. The third kappa shape index (κ3) is 3.23. The van der Waals surface area contributed by atoms with E-state index in [1.165, 1.54) is 6.07 Å². The van der Waals surface area contributed by atoms with Gasteiger partial charge in [0.15, 0.2) is 0 Å². The van der Waals surface area contributed by atoms with Crippen LogP contribution in [0.5, 0.6) is 0 Å². The summed E-state index contributed by atoms with van der Waals surface area (Å²) in [5.74, 6) is -0.215. The molecule has 0 fully saturated rings. The fourth-order valence-corrected chi connectivity index (χ4v) is 2.73. The highest BCUT2D eigenvalue weighted by molar-refractivity contribution is 6.35. The summed E-state index contributed by atoms with van der Waals surface area (Å²) < 4.78 is 1.79. The molecule has 0 saturated carbocycles. The number of carbonyl (C=O) groups excluding carboxylic acids is 1. The minimum absolute atomic E-state index is 0.157. The van der Waals surface area contributed by atoms with Crippen molar-refractivity contribution in [2.24, 2.45) is 5.73 Å². The van der Waals surface area contributed by atoms with E-state index in [-0.39, 0.29) is 5.69 Å². The second-order valence-electron chi connectivity index (χ2n) is 5.86. The van der Waals surface area contributed by atoms with Crippen LogP contribution in [0.2, 0.25) is 5.02 Å². The molecule has 1 aromatic carbocycles. The van der Waals surface area contributed by atoms with Gasteiger partial charge < -0.3 is 5.73 Å². The van der Waals surface area contributed by atoms with E-state index >= 15 is 0 Å². The van der Waals surface area contributed by atoms with E-state index in [1.807, 2.05) is 24.4 Å². The highest BCUT2D eigenvalue weighted by Crippen LogP contribution is 2.24. The molecule has 2 heterocycles. The number of carbonyl (C=O) groups is 1. The van der Waals surface area contributed by atoms with Gasteiger partial charge in [-0.2, -0.15) is 0 Å². The third-order valence-electron chi connectivity index (χ3n) is 4.09. The Morgan fingerprint density at radius 2 is 2.17 bits per heavy atom. The first-order valence-corrected chi connectivity index (χ1v) is 8.14. The number of nitrogens with zero attached hydrogens (tertiary/aromatic N) is 4. The maximum atomic E-state index is 11.3. The summed E-state index contributed by atoms with van der Waals surface area (Å²) in [6.45, 7) is 4.82. The van der Waals surface area contributed by atoms with Crippen molar-refractivity contribution in [1.29, 1.82) is 0 Å². The van der Waals surface area contributed by atoms with Crippen LogP contribution in [-0.4, -0.2) is 25.9 Å². The van der Waals surface area contributed by atoms with Crippen molar-refractivity contribution in [2.45, 2.75) is 32.7 Å². The molecule has 6 nitrogen and oxygen atoms in total. The first kappa shape index (κ1) is 16.4. The number of fused-ring (bicyclic) bond motifs is 1. The van der Waals surface area contributed by atoms with Crippen LogP contribution in [0.15, 0.2) is 30.5 Å². The number of hydrogen-bond donors (Lipinski definition) is 1. The van der Waals surface area contributed by atoms with Crippen molar-refractivity contribution >= 4 is 28.4 Å². The van der Waals surface area contributed by atoms with Gasteiger partial charge in [0, 0.05) is 17.5 Å². The zero-order valence-electron chi connectivity index (χ0n) is 13.5. The molecule has 0 radical (unpaired) electrons. The molecule has 0 saturated heterocycles. The molecule has 2 aromatic heterocycles. The molecular weight excluding hydrogens is 326 g/mol. The molecule has 3 rings (SSSR count). The molecule has 24 heavy (non-hydrogen) atoms. The molecule has 2 N–H and O–H groups in total. The first-order valence-electron chi connectivity index (χ1n) is 7.77. The van der Waals surface area contributed by atoms with E-state index in [2.05, 4.69) is 29.1 Å². The van der Waals surface area contributed by atoms with Crippen LogP contribution < -0.4 is 5.73 Å². The summed E-state index contributed by atoms with van der Waals surface area (Å²) in [7, 11) is 0. The molecule has 7 heteroatoms. The molecule has 0 unspecified atom stereocenters. The lowest BCUT2D eigenvalue weighted by atomic mass is 10.1. The quantitative estimate of drug-likeness (QED) is 0.771. The number of primary amides is 1. The van der Waals surface area contributed by atoms with Gasteiger partial charge in [0.25, 0.3) is 5.91 Å².